The smallest absolute Gasteiger partial charge is 0.123 e. The standard InChI is InChI=1S/C16H28N2O/c1-5-15(17-2)10-8-12-18(3)13-14-9-6-7-11-16(14)19-4/h6-7,9,11,15,17H,5,8,10,12-13H2,1-4H3. The molecule has 0 saturated carbocycles. The fraction of sp³-hybridized carbons (Fsp3) is 0.625. The Morgan fingerprint density at radius 2 is 2.05 bits per heavy atom. The second-order valence-corrected chi connectivity index (χ2v) is 5.09. The van der Waals surface area contributed by atoms with Gasteiger partial charge in [-0.25, -0.2) is 0 Å². The molecule has 0 aromatic heterocycles. The second-order valence-electron chi connectivity index (χ2n) is 5.09. The molecule has 1 rings (SSSR count). The molecule has 19 heavy (non-hydrogen) atoms. The molecule has 108 valence electrons. The van der Waals surface area contributed by atoms with Crippen LogP contribution in [0.3, 0.4) is 0 Å². The van der Waals surface area contributed by atoms with Gasteiger partial charge in [0.25, 0.3) is 0 Å². The number of rotatable bonds is 9. The van der Waals surface area contributed by atoms with Crippen molar-refractivity contribution in [1.29, 1.82) is 0 Å². The van der Waals surface area contributed by atoms with Crippen LogP contribution in [-0.2, 0) is 6.54 Å². The number of para-hydroxylation sites is 1. The van der Waals surface area contributed by atoms with Crippen LogP contribution in [0.4, 0.5) is 0 Å². The predicted octanol–water partition coefficient (Wildman–Crippen LogP) is 2.91. The van der Waals surface area contributed by atoms with Crippen molar-refractivity contribution >= 4 is 0 Å². The Kier molecular flexibility index (Phi) is 7.53. The molecule has 0 radical (unpaired) electrons. The third-order valence-corrected chi connectivity index (χ3v) is 3.63. The van der Waals surface area contributed by atoms with Gasteiger partial charge in [-0.3, -0.25) is 0 Å². The monoisotopic (exact) mass is 264 g/mol. The van der Waals surface area contributed by atoms with E-state index in [1.54, 1.807) is 7.11 Å². The molecule has 0 spiro atoms. The molecule has 0 heterocycles. The van der Waals surface area contributed by atoms with Crippen LogP contribution in [0.1, 0.15) is 31.7 Å². The van der Waals surface area contributed by atoms with Crippen molar-refractivity contribution in [2.24, 2.45) is 0 Å². The highest BCUT2D eigenvalue weighted by atomic mass is 16.5. The lowest BCUT2D eigenvalue weighted by molar-refractivity contribution is 0.302. The summed E-state index contributed by atoms with van der Waals surface area (Å²) in [7, 11) is 5.96. The number of nitrogens with zero attached hydrogens (tertiary/aromatic N) is 1. The number of hydrogen-bond acceptors (Lipinski definition) is 3. The second kappa shape index (κ2) is 8.94. The Labute approximate surface area is 118 Å². The number of nitrogens with one attached hydrogen (secondary N) is 1. The lowest BCUT2D eigenvalue weighted by Crippen LogP contribution is -2.26. The van der Waals surface area contributed by atoms with Gasteiger partial charge in [-0.1, -0.05) is 25.1 Å². The first-order valence-corrected chi connectivity index (χ1v) is 7.19. The van der Waals surface area contributed by atoms with Crippen molar-refractivity contribution in [3.63, 3.8) is 0 Å². The summed E-state index contributed by atoms with van der Waals surface area (Å²) in [5.41, 5.74) is 1.26. The average Bonchev–Trinajstić information content (AvgIpc) is 2.44. The van der Waals surface area contributed by atoms with Crippen LogP contribution in [0.2, 0.25) is 0 Å². The summed E-state index contributed by atoms with van der Waals surface area (Å²) in [6.45, 7) is 4.30. The van der Waals surface area contributed by atoms with Crippen molar-refractivity contribution in [2.45, 2.75) is 38.8 Å². The Morgan fingerprint density at radius 3 is 2.68 bits per heavy atom. The first kappa shape index (κ1) is 16.0. The maximum absolute atomic E-state index is 5.39. The maximum Gasteiger partial charge on any atom is 0.123 e. The molecule has 1 unspecified atom stereocenters. The molecule has 0 bridgehead atoms. The molecule has 0 aliphatic carbocycles. The highest BCUT2D eigenvalue weighted by Crippen LogP contribution is 2.18. The Balaban J connectivity index is 2.36. The number of methoxy groups -OCH3 is 1. The summed E-state index contributed by atoms with van der Waals surface area (Å²) < 4.78 is 5.39. The Bertz CT molecular complexity index is 350. The normalized spacial score (nSPS) is 12.7. The molecular formula is C16H28N2O. The van der Waals surface area contributed by atoms with Crippen LogP contribution in [0, 0.1) is 0 Å². The molecule has 3 heteroatoms. The maximum atomic E-state index is 5.39. The summed E-state index contributed by atoms with van der Waals surface area (Å²) >= 11 is 0. The Hall–Kier alpha value is -1.06. The van der Waals surface area contributed by atoms with Crippen molar-refractivity contribution < 1.29 is 4.74 Å². The molecule has 1 N–H and O–H groups in total. The molecule has 0 aliphatic rings. The van der Waals surface area contributed by atoms with E-state index >= 15 is 0 Å². The van der Waals surface area contributed by atoms with Gasteiger partial charge in [0.2, 0.25) is 0 Å². The molecule has 1 aromatic rings. The van der Waals surface area contributed by atoms with Gasteiger partial charge < -0.3 is 15.0 Å². The third-order valence-electron chi connectivity index (χ3n) is 3.63. The first-order chi connectivity index (χ1) is 9.21. The van der Waals surface area contributed by atoms with Crippen molar-refractivity contribution in [1.82, 2.24) is 10.2 Å². The fourth-order valence-electron chi connectivity index (χ4n) is 2.36. The SMILES string of the molecule is CCC(CCCN(C)Cc1ccccc1OC)NC. The fourth-order valence-corrected chi connectivity index (χ4v) is 2.36. The molecule has 0 fully saturated rings. The summed E-state index contributed by atoms with van der Waals surface area (Å²) in [6, 6.07) is 8.90. The van der Waals surface area contributed by atoms with Gasteiger partial charge in [-0.15, -0.1) is 0 Å². The third kappa shape index (κ3) is 5.62. The largest absolute Gasteiger partial charge is 0.496 e. The van der Waals surface area contributed by atoms with Gasteiger partial charge in [0.1, 0.15) is 5.75 Å². The van der Waals surface area contributed by atoms with Gasteiger partial charge >= 0.3 is 0 Å². The van der Waals surface area contributed by atoms with Crippen molar-refractivity contribution in [3.8, 4) is 5.75 Å². The van der Waals surface area contributed by atoms with Gasteiger partial charge in [0.15, 0.2) is 0 Å². The van der Waals surface area contributed by atoms with E-state index in [1.807, 2.05) is 19.2 Å². The van der Waals surface area contributed by atoms with Crippen LogP contribution < -0.4 is 10.1 Å². The molecule has 3 nitrogen and oxygen atoms in total. The first-order valence-electron chi connectivity index (χ1n) is 7.19. The number of benzene rings is 1. The molecule has 0 amide bonds. The van der Waals surface area contributed by atoms with E-state index in [-0.39, 0.29) is 0 Å². The zero-order valence-electron chi connectivity index (χ0n) is 12.8. The van der Waals surface area contributed by atoms with Gasteiger partial charge in [-0.05, 0) is 46.0 Å². The molecular weight excluding hydrogens is 236 g/mol. The van der Waals surface area contributed by atoms with Crippen LogP contribution in [0.5, 0.6) is 5.75 Å². The van der Waals surface area contributed by atoms with E-state index in [0.29, 0.717) is 6.04 Å². The van der Waals surface area contributed by atoms with Crippen molar-refractivity contribution in [2.75, 3.05) is 27.7 Å². The summed E-state index contributed by atoms with van der Waals surface area (Å²) in [5, 5.41) is 3.35. The van der Waals surface area contributed by atoms with Crippen LogP contribution >= 0.6 is 0 Å². The molecule has 0 saturated heterocycles. The summed E-state index contributed by atoms with van der Waals surface area (Å²) in [6.07, 6.45) is 3.67. The van der Waals surface area contributed by atoms with E-state index in [9.17, 15) is 0 Å². The Morgan fingerprint density at radius 1 is 1.32 bits per heavy atom. The molecule has 1 aromatic carbocycles. The zero-order chi connectivity index (χ0) is 14.1. The minimum Gasteiger partial charge on any atom is -0.496 e. The van der Waals surface area contributed by atoms with Gasteiger partial charge in [0.05, 0.1) is 7.11 Å². The van der Waals surface area contributed by atoms with Crippen molar-refractivity contribution in [3.05, 3.63) is 29.8 Å². The molecule has 1 atom stereocenters. The number of ether oxygens (including phenoxy) is 1. The van der Waals surface area contributed by atoms with E-state index < -0.39 is 0 Å². The highest BCUT2D eigenvalue weighted by molar-refractivity contribution is 5.32. The minimum absolute atomic E-state index is 0.652. The minimum atomic E-state index is 0.652. The van der Waals surface area contributed by atoms with Crippen LogP contribution in [-0.4, -0.2) is 38.7 Å². The average molecular weight is 264 g/mol. The van der Waals surface area contributed by atoms with Gasteiger partial charge in [0, 0.05) is 18.2 Å². The van der Waals surface area contributed by atoms with Crippen LogP contribution in [0.15, 0.2) is 24.3 Å². The summed E-state index contributed by atoms with van der Waals surface area (Å²) in [4.78, 5) is 2.36. The molecule has 0 aliphatic heterocycles. The van der Waals surface area contributed by atoms with E-state index in [0.717, 1.165) is 18.8 Å². The van der Waals surface area contributed by atoms with Crippen LogP contribution in [0.25, 0.3) is 0 Å². The number of hydrogen-bond donors (Lipinski definition) is 1. The van der Waals surface area contributed by atoms with Gasteiger partial charge in [-0.2, -0.15) is 0 Å². The highest BCUT2D eigenvalue weighted by Gasteiger charge is 2.07. The van der Waals surface area contributed by atoms with E-state index in [4.69, 9.17) is 4.74 Å². The quantitative estimate of drug-likeness (QED) is 0.742. The lowest BCUT2D eigenvalue weighted by Gasteiger charge is -2.20. The predicted molar refractivity (Wildman–Crippen MR) is 81.7 cm³/mol. The summed E-state index contributed by atoms with van der Waals surface area (Å²) in [5.74, 6) is 0.982. The topological polar surface area (TPSA) is 24.5 Å². The zero-order valence-corrected chi connectivity index (χ0v) is 12.8. The lowest BCUT2D eigenvalue weighted by atomic mass is 10.1. The van der Waals surface area contributed by atoms with E-state index in [2.05, 4.69) is 36.3 Å². The van der Waals surface area contributed by atoms with E-state index in [1.165, 1.54) is 24.8 Å².